The number of rotatable bonds is 4. The van der Waals surface area contributed by atoms with Crippen LogP contribution in [0.4, 0.5) is 0 Å². The van der Waals surface area contributed by atoms with E-state index >= 15 is 0 Å². The van der Waals surface area contributed by atoms with Crippen LogP contribution < -0.4 is 10.2 Å². The Bertz CT molecular complexity index is 974. The number of hydrogen-bond acceptors (Lipinski definition) is 5. The molecular weight excluding hydrogens is 308 g/mol. The number of Topliss-reactive ketones (excluding diaryl/α,β-unsaturated/α-hetero) is 1. The van der Waals surface area contributed by atoms with E-state index in [1.807, 2.05) is 0 Å². The number of fused-ring (bicyclic) bond motifs is 1. The van der Waals surface area contributed by atoms with Crippen LogP contribution in [-0.2, 0) is 11.3 Å². The largest absolute Gasteiger partial charge is 0.425 e. The molecule has 2 aromatic carbocycles. The second-order valence-corrected chi connectivity index (χ2v) is 5.24. The highest BCUT2D eigenvalue weighted by atomic mass is 16.5. The topological polar surface area (TPSA) is 78.3 Å². The van der Waals surface area contributed by atoms with Crippen molar-refractivity contribution >= 4 is 22.7 Å². The molecule has 3 rings (SSSR count). The van der Waals surface area contributed by atoms with Gasteiger partial charge in [0, 0.05) is 10.9 Å². The van der Waals surface area contributed by atoms with E-state index in [2.05, 4.69) is 5.10 Å². The van der Waals surface area contributed by atoms with Crippen molar-refractivity contribution in [2.75, 3.05) is 0 Å². The van der Waals surface area contributed by atoms with E-state index in [1.165, 1.54) is 17.8 Å². The summed E-state index contributed by atoms with van der Waals surface area (Å²) in [4.78, 5) is 35.1. The summed E-state index contributed by atoms with van der Waals surface area (Å²) in [6, 6.07) is 13.2. The third-order valence-electron chi connectivity index (χ3n) is 3.53. The van der Waals surface area contributed by atoms with Crippen molar-refractivity contribution in [3.8, 4) is 5.75 Å². The van der Waals surface area contributed by atoms with Gasteiger partial charge in [0.05, 0.1) is 11.7 Å². The summed E-state index contributed by atoms with van der Waals surface area (Å²) >= 11 is 0. The van der Waals surface area contributed by atoms with Crippen molar-refractivity contribution in [2.45, 2.75) is 13.5 Å². The highest BCUT2D eigenvalue weighted by Crippen LogP contribution is 2.14. The molecule has 0 aliphatic carbocycles. The zero-order valence-electron chi connectivity index (χ0n) is 12.9. The number of benzene rings is 2. The highest BCUT2D eigenvalue weighted by molar-refractivity contribution is 5.94. The number of aromatic nitrogens is 2. The number of esters is 1. The molecule has 0 unspecified atom stereocenters. The number of carbonyl (C=O) groups excluding carboxylic acids is 2. The summed E-state index contributed by atoms with van der Waals surface area (Å²) in [5, 5.41) is 4.48. The van der Waals surface area contributed by atoms with Crippen LogP contribution in [0.2, 0.25) is 0 Å². The van der Waals surface area contributed by atoms with Gasteiger partial charge in [0.25, 0.3) is 0 Å². The Kier molecular flexibility index (Phi) is 4.20. The first kappa shape index (κ1) is 15.6. The lowest BCUT2D eigenvalue weighted by atomic mass is 10.1. The molecule has 120 valence electrons. The van der Waals surface area contributed by atoms with Crippen LogP contribution in [-0.4, -0.2) is 21.5 Å². The zero-order valence-corrected chi connectivity index (χ0v) is 12.9. The minimum atomic E-state index is -0.521. The Morgan fingerprint density at radius 3 is 2.50 bits per heavy atom. The van der Waals surface area contributed by atoms with Crippen LogP contribution in [0.15, 0.2) is 59.5 Å². The quantitative estimate of drug-likeness (QED) is 0.418. The van der Waals surface area contributed by atoms with E-state index in [0.717, 1.165) is 0 Å². The second-order valence-electron chi connectivity index (χ2n) is 5.24. The summed E-state index contributed by atoms with van der Waals surface area (Å²) in [5.74, 6) is -0.237. The van der Waals surface area contributed by atoms with Crippen LogP contribution in [0.1, 0.15) is 17.3 Å². The first-order chi connectivity index (χ1) is 11.5. The lowest BCUT2D eigenvalue weighted by Crippen LogP contribution is -2.20. The molecule has 0 N–H and O–H groups in total. The molecule has 24 heavy (non-hydrogen) atoms. The van der Waals surface area contributed by atoms with Gasteiger partial charge >= 0.3 is 5.97 Å². The van der Waals surface area contributed by atoms with Gasteiger partial charge < -0.3 is 4.74 Å². The SMILES string of the molecule is CC(=O)c1ccc(OC(=O)Cn2ncc(=O)c3ccccc32)cc1. The smallest absolute Gasteiger partial charge is 0.333 e. The normalized spacial score (nSPS) is 10.5. The molecule has 0 aliphatic heterocycles. The van der Waals surface area contributed by atoms with Crippen molar-refractivity contribution in [2.24, 2.45) is 0 Å². The fourth-order valence-corrected chi connectivity index (χ4v) is 2.33. The Morgan fingerprint density at radius 1 is 1.08 bits per heavy atom. The van der Waals surface area contributed by atoms with Crippen LogP contribution in [0.25, 0.3) is 10.9 Å². The Balaban J connectivity index is 1.79. The molecular formula is C18H14N2O4. The van der Waals surface area contributed by atoms with E-state index in [4.69, 9.17) is 4.74 Å². The first-order valence-electron chi connectivity index (χ1n) is 7.31. The molecule has 1 aromatic heterocycles. The predicted octanol–water partition coefficient (Wildman–Crippen LogP) is 2.20. The van der Waals surface area contributed by atoms with Crippen molar-refractivity contribution < 1.29 is 14.3 Å². The number of nitrogens with zero attached hydrogens (tertiary/aromatic N) is 2. The van der Waals surface area contributed by atoms with Crippen molar-refractivity contribution in [1.29, 1.82) is 0 Å². The summed E-state index contributed by atoms with van der Waals surface area (Å²) < 4.78 is 6.66. The van der Waals surface area contributed by atoms with Gasteiger partial charge in [-0.15, -0.1) is 0 Å². The lowest BCUT2D eigenvalue weighted by molar-refractivity contribution is -0.135. The van der Waals surface area contributed by atoms with Crippen molar-refractivity contribution in [1.82, 2.24) is 9.78 Å². The second kappa shape index (κ2) is 6.45. The standard InChI is InChI=1S/C18H14N2O4/c1-12(21)13-6-8-14(9-7-13)24-18(23)11-20-16-5-3-2-4-15(16)17(22)10-19-20/h2-10H,11H2,1H3. The molecule has 0 fully saturated rings. The van der Waals surface area contributed by atoms with Gasteiger partial charge in [-0.2, -0.15) is 5.10 Å². The van der Waals surface area contributed by atoms with Crippen molar-refractivity contribution in [3.05, 3.63) is 70.5 Å². The average molecular weight is 322 g/mol. The number of hydrogen-bond donors (Lipinski definition) is 0. The Hall–Kier alpha value is -3.28. The maximum absolute atomic E-state index is 12.1. The number of ketones is 1. The molecule has 0 saturated carbocycles. The minimum absolute atomic E-state index is 0.0585. The average Bonchev–Trinajstić information content (AvgIpc) is 2.58. The third kappa shape index (κ3) is 3.22. The van der Waals surface area contributed by atoms with E-state index in [1.54, 1.807) is 48.5 Å². The maximum Gasteiger partial charge on any atom is 0.333 e. The fourth-order valence-electron chi connectivity index (χ4n) is 2.33. The molecule has 0 spiro atoms. The summed E-state index contributed by atoms with van der Waals surface area (Å²) in [5.41, 5.74) is 0.909. The molecule has 0 amide bonds. The van der Waals surface area contributed by atoms with Gasteiger partial charge in [-0.05, 0) is 43.3 Å². The highest BCUT2D eigenvalue weighted by Gasteiger charge is 2.10. The molecule has 0 aliphatic rings. The zero-order chi connectivity index (χ0) is 17.1. The van der Waals surface area contributed by atoms with Gasteiger partial charge in [-0.25, -0.2) is 4.79 Å². The Labute approximate surface area is 137 Å². The number of ether oxygens (including phenoxy) is 1. The maximum atomic E-state index is 12.1. The van der Waals surface area contributed by atoms with E-state index < -0.39 is 5.97 Å². The number of para-hydroxylation sites is 1. The third-order valence-corrected chi connectivity index (χ3v) is 3.53. The molecule has 0 bridgehead atoms. The van der Waals surface area contributed by atoms with Gasteiger partial charge in [0.1, 0.15) is 12.3 Å². The summed E-state index contributed by atoms with van der Waals surface area (Å²) in [6.45, 7) is 1.34. The molecule has 0 saturated heterocycles. The minimum Gasteiger partial charge on any atom is -0.425 e. The molecule has 3 aromatic rings. The van der Waals surface area contributed by atoms with E-state index in [0.29, 0.717) is 22.2 Å². The van der Waals surface area contributed by atoms with E-state index in [9.17, 15) is 14.4 Å². The molecule has 1 heterocycles. The molecule has 0 atom stereocenters. The lowest BCUT2D eigenvalue weighted by Gasteiger charge is -2.09. The van der Waals surface area contributed by atoms with E-state index in [-0.39, 0.29) is 17.8 Å². The molecule has 6 nitrogen and oxygen atoms in total. The fraction of sp³-hybridized carbons (Fsp3) is 0.111. The molecule has 6 heteroatoms. The summed E-state index contributed by atoms with van der Waals surface area (Å²) in [7, 11) is 0. The van der Waals surface area contributed by atoms with Crippen LogP contribution >= 0.6 is 0 Å². The van der Waals surface area contributed by atoms with Gasteiger partial charge in [0.15, 0.2) is 5.78 Å². The van der Waals surface area contributed by atoms with Crippen LogP contribution in [0.3, 0.4) is 0 Å². The van der Waals surface area contributed by atoms with Gasteiger partial charge in [0.2, 0.25) is 5.43 Å². The van der Waals surface area contributed by atoms with Crippen LogP contribution in [0, 0.1) is 0 Å². The van der Waals surface area contributed by atoms with Gasteiger partial charge in [-0.1, -0.05) is 12.1 Å². The Morgan fingerprint density at radius 2 is 1.79 bits per heavy atom. The monoisotopic (exact) mass is 322 g/mol. The van der Waals surface area contributed by atoms with Crippen molar-refractivity contribution in [3.63, 3.8) is 0 Å². The number of carbonyl (C=O) groups is 2. The predicted molar refractivity (Wildman–Crippen MR) is 88.1 cm³/mol. The first-order valence-corrected chi connectivity index (χ1v) is 7.31. The molecule has 0 radical (unpaired) electrons. The summed E-state index contributed by atoms with van der Waals surface area (Å²) in [6.07, 6.45) is 1.18. The van der Waals surface area contributed by atoms with Crippen LogP contribution in [0.5, 0.6) is 5.75 Å². The van der Waals surface area contributed by atoms with Gasteiger partial charge in [-0.3, -0.25) is 14.3 Å².